The first kappa shape index (κ1) is 19.2. The molecule has 5 heteroatoms. The molecule has 2 aromatic carbocycles. The van der Waals surface area contributed by atoms with E-state index in [1.807, 2.05) is 0 Å². The number of aliphatic hydroxyl groups excluding tert-OH is 2. The van der Waals surface area contributed by atoms with Gasteiger partial charge in [-0.1, -0.05) is 36.4 Å². The summed E-state index contributed by atoms with van der Waals surface area (Å²) in [5.41, 5.74) is 1.35. The molecule has 2 saturated carbocycles. The topological polar surface area (TPSA) is 68.2 Å². The lowest BCUT2D eigenvalue weighted by Gasteiger charge is -2.50. The zero-order valence-electron chi connectivity index (χ0n) is 19.0. The molecule has 4 fully saturated rings. The van der Waals surface area contributed by atoms with Gasteiger partial charge in [-0.2, -0.15) is 0 Å². The van der Waals surface area contributed by atoms with Gasteiger partial charge in [0, 0.05) is 45.6 Å². The minimum Gasteiger partial charge on any atom is -0.496 e. The first-order valence-corrected chi connectivity index (χ1v) is 12.4. The van der Waals surface area contributed by atoms with Gasteiger partial charge in [0.1, 0.15) is 11.5 Å². The molecular formula is C28H30O5. The molecule has 6 aliphatic rings. The number of methoxy groups -OCH3 is 2. The Labute approximate surface area is 193 Å². The molecule has 2 saturated heterocycles. The highest BCUT2D eigenvalue weighted by molar-refractivity contribution is 5.97. The fraction of sp³-hybridized carbons (Fsp3) is 0.571. The summed E-state index contributed by atoms with van der Waals surface area (Å²) in [5.74, 6) is 4.27. The van der Waals surface area contributed by atoms with E-state index >= 15 is 0 Å². The van der Waals surface area contributed by atoms with Crippen LogP contribution in [0.1, 0.15) is 35.8 Å². The zero-order chi connectivity index (χ0) is 22.3. The van der Waals surface area contributed by atoms with Gasteiger partial charge in [0.15, 0.2) is 0 Å². The molecule has 2 aliphatic heterocycles. The lowest BCUT2D eigenvalue weighted by Crippen LogP contribution is -2.57. The molecular weight excluding hydrogens is 416 g/mol. The van der Waals surface area contributed by atoms with Crippen molar-refractivity contribution in [3.63, 3.8) is 0 Å². The quantitative estimate of drug-likeness (QED) is 0.703. The van der Waals surface area contributed by atoms with E-state index in [9.17, 15) is 10.2 Å². The number of allylic oxidation sites excluding steroid dienone is 2. The predicted molar refractivity (Wildman–Crippen MR) is 123 cm³/mol. The van der Waals surface area contributed by atoms with Crippen LogP contribution in [0.2, 0.25) is 0 Å². The fourth-order valence-electron chi connectivity index (χ4n) is 10.3. The molecule has 2 heterocycles. The molecule has 2 N–H and O–H groups in total. The molecule has 0 aromatic heterocycles. The number of benzene rings is 2. The highest BCUT2D eigenvalue weighted by Gasteiger charge is 2.83. The summed E-state index contributed by atoms with van der Waals surface area (Å²) in [6.45, 7) is 0.0550. The van der Waals surface area contributed by atoms with Crippen LogP contribution in [0.15, 0.2) is 36.4 Å². The highest BCUT2D eigenvalue weighted by atomic mass is 16.6. The molecule has 6 bridgehead atoms. The zero-order valence-corrected chi connectivity index (χ0v) is 19.0. The van der Waals surface area contributed by atoms with E-state index < -0.39 is 11.2 Å². The van der Waals surface area contributed by atoms with Gasteiger partial charge in [0.05, 0.1) is 38.6 Å². The van der Waals surface area contributed by atoms with E-state index in [0.717, 1.165) is 35.1 Å². The number of aliphatic hydroxyl groups is 2. The van der Waals surface area contributed by atoms with Crippen molar-refractivity contribution in [3.05, 3.63) is 47.5 Å². The van der Waals surface area contributed by atoms with Crippen LogP contribution in [0.3, 0.4) is 0 Å². The van der Waals surface area contributed by atoms with Crippen molar-refractivity contribution in [1.82, 2.24) is 0 Å². The molecule has 0 radical (unpaired) electrons. The van der Waals surface area contributed by atoms with Gasteiger partial charge in [-0.05, 0) is 36.5 Å². The second-order valence-corrected chi connectivity index (χ2v) is 11.3. The molecule has 0 unspecified atom stereocenters. The van der Waals surface area contributed by atoms with Crippen molar-refractivity contribution in [2.75, 3.05) is 27.4 Å². The van der Waals surface area contributed by atoms with Crippen molar-refractivity contribution in [1.29, 1.82) is 0 Å². The molecule has 4 aliphatic carbocycles. The predicted octanol–water partition coefficient (Wildman–Crippen LogP) is 3.62. The third-order valence-corrected chi connectivity index (χ3v) is 10.7. The first-order chi connectivity index (χ1) is 16.1. The lowest BCUT2D eigenvalue weighted by atomic mass is 9.51. The van der Waals surface area contributed by atoms with Gasteiger partial charge in [-0.3, -0.25) is 0 Å². The van der Waals surface area contributed by atoms with Crippen LogP contribution in [-0.4, -0.2) is 48.8 Å². The summed E-state index contributed by atoms with van der Waals surface area (Å²) in [7, 11) is 3.53. The lowest BCUT2D eigenvalue weighted by molar-refractivity contribution is -0.131. The summed E-state index contributed by atoms with van der Waals surface area (Å²) in [6, 6.07) is 8.34. The second-order valence-electron chi connectivity index (χ2n) is 11.3. The van der Waals surface area contributed by atoms with Gasteiger partial charge in [0.2, 0.25) is 0 Å². The highest BCUT2D eigenvalue weighted by Crippen LogP contribution is 2.81. The Balaban J connectivity index is 1.41. The minimum absolute atomic E-state index is 0.0275. The molecule has 2 aromatic rings. The molecule has 172 valence electrons. The Hall–Kier alpha value is -2.08. The Morgan fingerprint density at radius 3 is 1.70 bits per heavy atom. The third kappa shape index (κ3) is 1.80. The number of rotatable bonds is 4. The van der Waals surface area contributed by atoms with Crippen LogP contribution >= 0.6 is 0 Å². The summed E-state index contributed by atoms with van der Waals surface area (Å²) in [6.07, 6.45) is 6.86. The number of hydrogen-bond acceptors (Lipinski definition) is 5. The van der Waals surface area contributed by atoms with Crippen LogP contribution < -0.4 is 9.47 Å². The van der Waals surface area contributed by atoms with Gasteiger partial charge in [-0.15, -0.1) is 0 Å². The Kier molecular flexibility index (Phi) is 3.46. The number of ether oxygens (including phenoxy) is 3. The van der Waals surface area contributed by atoms with Crippen molar-refractivity contribution in [2.24, 2.45) is 35.5 Å². The third-order valence-electron chi connectivity index (χ3n) is 10.7. The van der Waals surface area contributed by atoms with E-state index in [1.54, 1.807) is 14.2 Å². The monoisotopic (exact) mass is 446 g/mol. The van der Waals surface area contributed by atoms with Gasteiger partial charge in [0.25, 0.3) is 0 Å². The molecule has 0 spiro atoms. The summed E-state index contributed by atoms with van der Waals surface area (Å²) < 4.78 is 19.2. The first-order valence-electron chi connectivity index (χ1n) is 12.4. The van der Waals surface area contributed by atoms with Crippen molar-refractivity contribution < 1.29 is 24.4 Å². The van der Waals surface area contributed by atoms with Gasteiger partial charge in [-0.25, -0.2) is 0 Å². The minimum atomic E-state index is -0.580. The maximum Gasteiger partial charge on any atom is 0.130 e. The molecule has 10 atom stereocenters. The molecule has 33 heavy (non-hydrogen) atoms. The smallest absolute Gasteiger partial charge is 0.130 e. The Morgan fingerprint density at radius 2 is 1.27 bits per heavy atom. The standard InChI is InChI=1S/C28H30O5/c1-31-25-15-5-3-4-6-16(15)26(32-2)20-18-10-17(19(20)25)23-24(18)28(12-30)22-14-8-7-13(9-14)21(22)27(23,11-29)33-28/h3-8,13-14,17-18,21-24,29-30H,9-12H2,1-2H3/t13-,14+,17-,18+,21+,22-,23-,24+,27+,28-. The Morgan fingerprint density at radius 1 is 0.788 bits per heavy atom. The van der Waals surface area contributed by atoms with Crippen molar-refractivity contribution >= 4 is 10.8 Å². The maximum absolute atomic E-state index is 11.0. The Bertz CT molecular complexity index is 1150. The number of hydrogen-bond donors (Lipinski definition) is 2. The fourth-order valence-corrected chi connectivity index (χ4v) is 10.3. The largest absolute Gasteiger partial charge is 0.496 e. The van der Waals surface area contributed by atoms with E-state index in [0.29, 0.717) is 23.7 Å². The SMILES string of the molecule is COc1c2c(c(OC)c3ccccc13)[C@@H]1C[C@H]2[C@@H]2[C@H]1[C@]1(CO)O[C@@]2(CO)[C@@H]2[C@H]1[C@H]1C=C[C@@H]2C1. The average molecular weight is 447 g/mol. The van der Waals surface area contributed by atoms with E-state index in [1.165, 1.54) is 11.1 Å². The molecule has 8 rings (SSSR count). The van der Waals surface area contributed by atoms with Crippen LogP contribution in [0.4, 0.5) is 0 Å². The van der Waals surface area contributed by atoms with Crippen LogP contribution in [0, 0.1) is 35.5 Å². The van der Waals surface area contributed by atoms with Crippen LogP contribution in [0.5, 0.6) is 11.5 Å². The van der Waals surface area contributed by atoms with E-state index in [2.05, 4.69) is 36.4 Å². The average Bonchev–Trinajstić information content (AvgIpc) is 3.67. The van der Waals surface area contributed by atoms with E-state index in [-0.39, 0.29) is 36.9 Å². The summed E-state index contributed by atoms with van der Waals surface area (Å²) in [4.78, 5) is 0. The van der Waals surface area contributed by atoms with Gasteiger partial charge < -0.3 is 24.4 Å². The maximum atomic E-state index is 11.0. The van der Waals surface area contributed by atoms with Crippen molar-refractivity contribution in [2.45, 2.75) is 35.9 Å². The second kappa shape index (κ2) is 5.94. The number of fused-ring (bicyclic) bond motifs is 20. The van der Waals surface area contributed by atoms with E-state index in [4.69, 9.17) is 14.2 Å². The summed E-state index contributed by atoms with van der Waals surface area (Å²) >= 11 is 0. The van der Waals surface area contributed by atoms with Crippen molar-refractivity contribution in [3.8, 4) is 11.5 Å². The molecule has 5 nitrogen and oxygen atoms in total. The van der Waals surface area contributed by atoms with Crippen LogP contribution in [0.25, 0.3) is 10.8 Å². The summed E-state index contributed by atoms with van der Waals surface area (Å²) in [5, 5.41) is 24.1. The normalized spacial score (nSPS) is 46.8. The molecule has 0 amide bonds. The van der Waals surface area contributed by atoms with Gasteiger partial charge >= 0.3 is 0 Å². The van der Waals surface area contributed by atoms with Crippen LogP contribution in [-0.2, 0) is 4.74 Å².